The molecule has 4 heteroatoms. The van der Waals surface area contributed by atoms with Crippen molar-refractivity contribution in [1.82, 2.24) is 9.55 Å². The number of benzene rings is 1. The Morgan fingerprint density at radius 2 is 2.11 bits per heavy atom. The third-order valence-corrected chi connectivity index (χ3v) is 2.86. The highest BCUT2D eigenvalue weighted by Gasteiger charge is 2.09. The molecule has 0 atom stereocenters. The van der Waals surface area contributed by atoms with Gasteiger partial charge in [0.15, 0.2) is 0 Å². The minimum Gasteiger partial charge on any atom is -0.497 e. The molecule has 0 N–H and O–H groups in total. The monoisotopic (exact) mass is 242 g/mol. The first kappa shape index (κ1) is 10.8. The zero-order valence-corrected chi connectivity index (χ0v) is 9.80. The molecule has 0 aliphatic carbocycles. The Balaban J connectivity index is 2.25. The average Bonchev–Trinajstić information content (AvgIpc) is 2.83. The van der Waals surface area contributed by atoms with Crippen molar-refractivity contribution >= 4 is 11.0 Å². The van der Waals surface area contributed by atoms with Crippen molar-refractivity contribution in [3.05, 3.63) is 54.6 Å². The van der Waals surface area contributed by atoms with Crippen molar-refractivity contribution in [2.45, 2.75) is 0 Å². The number of ether oxygens (including phenoxy) is 1. The van der Waals surface area contributed by atoms with Gasteiger partial charge in [0, 0.05) is 23.8 Å². The number of rotatable bonds is 2. The van der Waals surface area contributed by atoms with Crippen LogP contribution < -0.4 is 4.74 Å². The molecule has 0 radical (unpaired) electrons. The highest BCUT2D eigenvalue weighted by atomic mass is 19.1. The molecule has 0 aliphatic rings. The summed E-state index contributed by atoms with van der Waals surface area (Å²) >= 11 is 0. The lowest BCUT2D eigenvalue weighted by Gasteiger charge is -2.08. The van der Waals surface area contributed by atoms with Crippen LogP contribution in [0.5, 0.6) is 5.75 Å². The summed E-state index contributed by atoms with van der Waals surface area (Å²) in [5.41, 5.74) is 1.16. The fourth-order valence-corrected chi connectivity index (χ4v) is 1.96. The van der Waals surface area contributed by atoms with E-state index in [0.717, 1.165) is 11.0 Å². The molecule has 1 aromatic carbocycles. The standard InChI is InChI=1S/C14H11FN2O/c1-18-11-4-5-12(15)13(9-11)17-8-6-10-3-2-7-16-14(10)17/h2-9H,1H3. The van der Waals surface area contributed by atoms with Gasteiger partial charge >= 0.3 is 0 Å². The number of fused-ring (bicyclic) bond motifs is 1. The third-order valence-electron chi connectivity index (χ3n) is 2.86. The van der Waals surface area contributed by atoms with Gasteiger partial charge < -0.3 is 4.74 Å². The number of nitrogens with zero attached hydrogens (tertiary/aromatic N) is 2. The third kappa shape index (κ3) is 1.62. The summed E-state index contributed by atoms with van der Waals surface area (Å²) in [6, 6.07) is 10.3. The van der Waals surface area contributed by atoms with Crippen LogP contribution in [-0.4, -0.2) is 16.7 Å². The summed E-state index contributed by atoms with van der Waals surface area (Å²) in [7, 11) is 1.56. The van der Waals surface area contributed by atoms with Crippen molar-refractivity contribution in [2.24, 2.45) is 0 Å². The van der Waals surface area contributed by atoms with Crippen LogP contribution >= 0.6 is 0 Å². The van der Waals surface area contributed by atoms with E-state index in [0.29, 0.717) is 11.4 Å². The van der Waals surface area contributed by atoms with E-state index in [2.05, 4.69) is 4.98 Å². The second-order valence-corrected chi connectivity index (χ2v) is 3.92. The molecule has 0 spiro atoms. The Hall–Kier alpha value is -2.36. The molecule has 0 amide bonds. The smallest absolute Gasteiger partial charge is 0.147 e. The van der Waals surface area contributed by atoms with Crippen LogP contribution in [0.2, 0.25) is 0 Å². The van der Waals surface area contributed by atoms with Gasteiger partial charge in [-0.2, -0.15) is 0 Å². The number of halogens is 1. The Bertz CT molecular complexity index is 706. The SMILES string of the molecule is COc1ccc(F)c(-n2ccc3cccnc32)c1. The number of pyridine rings is 1. The van der Waals surface area contributed by atoms with E-state index < -0.39 is 0 Å². The first-order valence-electron chi connectivity index (χ1n) is 5.55. The zero-order valence-electron chi connectivity index (χ0n) is 9.80. The van der Waals surface area contributed by atoms with Crippen LogP contribution in [0.25, 0.3) is 16.7 Å². The predicted octanol–water partition coefficient (Wildman–Crippen LogP) is 3.17. The molecule has 0 bridgehead atoms. The maximum Gasteiger partial charge on any atom is 0.147 e. The summed E-state index contributed by atoms with van der Waals surface area (Å²) in [5.74, 6) is 0.308. The van der Waals surface area contributed by atoms with Crippen LogP contribution in [0.3, 0.4) is 0 Å². The van der Waals surface area contributed by atoms with E-state index in [1.165, 1.54) is 6.07 Å². The van der Waals surface area contributed by atoms with Gasteiger partial charge in [0.1, 0.15) is 17.2 Å². The molecule has 2 heterocycles. The van der Waals surface area contributed by atoms with Crippen molar-refractivity contribution in [2.75, 3.05) is 7.11 Å². The largest absolute Gasteiger partial charge is 0.497 e. The fourth-order valence-electron chi connectivity index (χ4n) is 1.96. The van der Waals surface area contributed by atoms with Crippen molar-refractivity contribution in [1.29, 1.82) is 0 Å². The van der Waals surface area contributed by atoms with Crippen LogP contribution in [0.15, 0.2) is 48.8 Å². The summed E-state index contributed by atoms with van der Waals surface area (Å²) in [5, 5.41) is 0.972. The van der Waals surface area contributed by atoms with E-state index in [1.54, 1.807) is 36.2 Å². The summed E-state index contributed by atoms with van der Waals surface area (Å²) in [6.07, 6.45) is 3.49. The van der Waals surface area contributed by atoms with Gasteiger partial charge in [-0.3, -0.25) is 4.57 Å². The van der Waals surface area contributed by atoms with E-state index in [9.17, 15) is 4.39 Å². The maximum atomic E-state index is 13.9. The van der Waals surface area contributed by atoms with Gasteiger partial charge in [0.25, 0.3) is 0 Å². The van der Waals surface area contributed by atoms with Gasteiger partial charge in [0.05, 0.1) is 12.8 Å². The quantitative estimate of drug-likeness (QED) is 0.690. The molecular weight excluding hydrogens is 231 g/mol. The average molecular weight is 242 g/mol. The van der Waals surface area contributed by atoms with Gasteiger partial charge in [-0.05, 0) is 30.3 Å². The topological polar surface area (TPSA) is 27.1 Å². The molecule has 3 rings (SSSR count). The van der Waals surface area contributed by atoms with E-state index in [4.69, 9.17) is 4.74 Å². The lowest BCUT2D eigenvalue weighted by atomic mass is 10.3. The lowest BCUT2D eigenvalue weighted by Crippen LogP contribution is -1.98. The summed E-state index contributed by atoms with van der Waals surface area (Å²) in [4.78, 5) is 4.27. The first-order chi connectivity index (χ1) is 8.79. The van der Waals surface area contributed by atoms with Crippen LogP contribution in [0, 0.1) is 5.82 Å². The van der Waals surface area contributed by atoms with E-state index in [1.807, 2.05) is 18.2 Å². The van der Waals surface area contributed by atoms with Gasteiger partial charge in [0.2, 0.25) is 0 Å². The molecule has 3 aromatic rings. The number of aromatic nitrogens is 2. The Kier molecular flexibility index (Phi) is 2.48. The highest BCUT2D eigenvalue weighted by Crippen LogP contribution is 2.24. The van der Waals surface area contributed by atoms with E-state index >= 15 is 0 Å². The van der Waals surface area contributed by atoms with Crippen LogP contribution in [-0.2, 0) is 0 Å². The maximum absolute atomic E-state index is 13.9. The van der Waals surface area contributed by atoms with Crippen molar-refractivity contribution in [3.63, 3.8) is 0 Å². The normalized spacial score (nSPS) is 10.8. The molecule has 2 aromatic heterocycles. The van der Waals surface area contributed by atoms with Crippen molar-refractivity contribution in [3.8, 4) is 11.4 Å². The molecule has 3 nitrogen and oxygen atoms in total. The Morgan fingerprint density at radius 1 is 1.22 bits per heavy atom. The second kappa shape index (κ2) is 4.14. The minimum atomic E-state index is -0.307. The van der Waals surface area contributed by atoms with Gasteiger partial charge in [-0.25, -0.2) is 9.37 Å². The number of hydrogen-bond acceptors (Lipinski definition) is 2. The van der Waals surface area contributed by atoms with Crippen LogP contribution in [0.1, 0.15) is 0 Å². The van der Waals surface area contributed by atoms with Crippen molar-refractivity contribution < 1.29 is 9.13 Å². The van der Waals surface area contributed by atoms with E-state index in [-0.39, 0.29) is 5.82 Å². The minimum absolute atomic E-state index is 0.307. The van der Waals surface area contributed by atoms with Gasteiger partial charge in [-0.1, -0.05) is 0 Å². The summed E-state index contributed by atoms with van der Waals surface area (Å²) < 4.78 is 20.7. The second-order valence-electron chi connectivity index (χ2n) is 3.92. The van der Waals surface area contributed by atoms with Gasteiger partial charge in [-0.15, -0.1) is 0 Å². The zero-order chi connectivity index (χ0) is 12.5. The first-order valence-corrected chi connectivity index (χ1v) is 5.55. The molecule has 0 saturated carbocycles. The Morgan fingerprint density at radius 3 is 2.94 bits per heavy atom. The molecule has 0 saturated heterocycles. The molecular formula is C14H11FN2O. The molecule has 0 aliphatic heterocycles. The molecule has 90 valence electrons. The molecule has 0 fully saturated rings. The number of hydrogen-bond donors (Lipinski definition) is 0. The fraction of sp³-hybridized carbons (Fsp3) is 0.0714. The summed E-state index contributed by atoms with van der Waals surface area (Å²) in [6.45, 7) is 0. The molecule has 18 heavy (non-hydrogen) atoms. The predicted molar refractivity (Wildman–Crippen MR) is 67.6 cm³/mol. The molecule has 0 unspecified atom stereocenters. The number of methoxy groups -OCH3 is 1. The highest BCUT2D eigenvalue weighted by molar-refractivity contribution is 5.78. The lowest BCUT2D eigenvalue weighted by molar-refractivity contribution is 0.413. The van der Waals surface area contributed by atoms with Crippen LogP contribution in [0.4, 0.5) is 4.39 Å². The Labute approximate surface area is 103 Å².